The smallest absolute Gasteiger partial charge is 0.178 e. The number of nitrogens with zero attached hydrogens (tertiary/aromatic N) is 1. The zero-order valence-corrected chi connectivity index (χ0v) is 13.0. The number of fused-ring (bicyclic) bond motifs is 1. The molecule has 1 aromatic rings. The molecule has 0 radical (unpaired) electrons. The Balaban J connectivity index is 1.70. The highest BCUT2D eigenvalue weighted by Gasteiger charge is 2.31. The molecule has 1 aliphatic heterocycles. The van der Waals surface area contributed by atoms with Crippen molar-refractivity contribution in [1.82, 2.24) is 10.2 Å². The van der Waals surface area contributed by atoms with Crippen LogP contribution in [0.4, 0.5) is 4.39 Å². The first-order valence-corrected chi connectivity index (χ1v) is 9.08. The number of benzene rings is 1. The fourth-order valence-electron chi connectivity index (χ4n) is 2.94. The van der Waals surface area contributed by atoms with E-state index in [-0.39, 0.29) is 22.5 Å². The highest BCUT2D eigenvalue weighted by atomic mass is 32.2. The first kappa shape index (κ1) is 14.9. The predicted molar refractivity (Wildman–Crippen MR) is 79.5 cm³/mol. The second kappa shape index (κ2) is 5.66. The highest BCUT2D eigenvalue weighted by molar-refractivity contribution is 7.91. The van der Waals surface area contributed by atoms with Crippen molar-refractivity contribution in [2.45, 2.75) is 36.2 Å². The SMILES string of the molecule is CN(CCNC1CCS(=O)(=O)c2ccc(F)cc21)C1CC1. The molecule has 0 amide bonds. The summed E-state index contributed by atoms with van der Waals surface area (Å²) in [6.07, 6.45) is 3.05. The lowest BCUT2D eigenvalue weighted by Crippen LogP contribution is -2.35. The normalized spacial score (nSPS) is 24.0. The van der Waals surface area contributed by atoms with E-state index in [4.69, 9.17) is 0 Å². The van der Waals surface area contributed by atoms with Crippen LogP contribution in [-0.4, -0.2) is 45.2 Å². The van der Waals surface area contributed by atoms with E-state index >= 15 is 0 Å². The second-order valence-corrected chi connectivity index (χ2v) is 8.09. The molecular weight excluding hydrogens is 291 g/mol. The summed E-state index contributed by atoms with van der Waals surface area (Å²) >= 11 is 0. The molecule has 1 atom stereocenters. The van der Waals surface area contributed by atoms with Crippen LogP contribution in [0.1, 0.15) is 30.9 Å². The summed E-state index contributed by atoms with van der Waals surface area (Å²) < 4.78 is 37.6. The first-order valence-electron chi connectivity index (χ1n) is 7.43. The Kier molecular flexibility index (Phi) is 4.03. The van der Waals surface area contributed by atoms with Crippen LogP contribution in [-0.2, 0) is 9.84 Å². The second-order valence-electron chi connectivity index (χ2n) is 6.01. The zero-order chi connectivity index (χ0) is 15.0. The van der Waals surface area contributed by atoms with Crippen LogP contribution in [0.3, 0.4) is 0 Å². The van der Waals surface area contributed by atoms with Gasteiger partial charge in [0.25, 0.3) is 0 Å². The van der Waals surface area contributed by atoms with Crippen molar-refractivity contribution in [2.24, 2.45) is 0 Å². The fourth-order valence-corrected chi connectivity index (χ4v) is 4.54. The van der Waals surface area contributed by atoms with E-state index in [1.807, 2.05) is 0 Å². The average Bonchev–Trinajstić information content (AvgIpc) is 3.25. The molecular formula is C15H21FN2O2S. The molecule has 1 unspecified atom stereocenters. The van der Waals surface area contributed by atoms with E-state index in [0.29, 0.717) is 18.0 Å². The number of halogens is 1. The van der Waals surface area contributed by atoms with Gasteiger partial charge in [0.15, 0.2) is 9.84 Å². The van der Waals surface area contributed by atoms with Crippen LogP contribution in [0.5, 0.6) is 0 Å². The molecule has 0 saturated heterocycles. The van der Waals surface area contributed by atoms with Gasteiger partial charge in [0.05, 0.1) is 10.6 Å². The topological polar surface area (TPSA) is 49.4 Å². The number of rotatable bonds is 5. The Morgan fingerprint density at radius 1 is 1.33 bits per heavy atom. The molecule has 1 heterocycles. The van der Waals surface area contributed by atoms with Crippen LogP contribution in [0, 0.1) is 5.82 Å². The maximum absolute atomic E-state index is 13.5. The monoisotopic (exact) mass is 312 g/mol. The fraction of sp³-hybridized carbons (Fsp3) is 0.600. The molecule has 1 fully saturated rings. The summed E-state index contributed by atoms with van der Waals surface area (Å²) in [5.41, 5.74) is 0.579. The minimum Gasteiger partial charge on any atom is -0.309 e. The van der Waals surface area contributed by atoms with E-state index in [1.54, 1.807) is 0 Å². The van der Waals surface area contributed by atoms with Gasteiger partial charge in [-0.2, -0.15) is 0 Å². The molecule has 0 aromatic heterocycles. The number of likely N-dealkylation sites (N-methyl/N-ethyl adjacent to an activating group) is 1. The molecule has 1 saturated carbocycles. The highest BCUT2D eigenvalue weighted by Crippen LogP contribution is 2.32. The Morgan fingerprint density at radius 3 is 2.81 bits per heavy atom. The molecule has 1 aromatic carbocycles. The van der Waals surface area contributed by atoms with Crippen LogP contribution in [0.15, 0.2) is 23.1 Å². The zero-order valence-electron chi connectivity index (χ0n) is 12.2. The molecule has 4 nitrogen and oxygen atoms in total. The maximum Gasteiger partial charge on any atom is 0.178 e. The van der Waals surface area contributed by atoms with Crippen LogP contribution in [0.25, 0.3) is 0 Å². The Labute approximate surface area is 125 Å². The minimum absolute atomic E-state index is 0.0770. The Morgan fingerprint density at radius 2 is 2.10 bits per heavy atom. The molecule has 2 aliphatic rings. The van der Waals surface area contributed by atoms with Gasteiger partial charge >= 0.3 is 0 Å². The molecule has 116 valence electrons. The van der Waals surface area contributed by atoms with E-state index in [0.717, 1.165) is 13.1 Å². The third-order valence-electron chi connectivity index (χ3n) is 4.38. The van der Waals surface area contributed by atoms with Crippen molar-refractivity contribution in [3.05, 3.63) is 29.6 Å². The number of sulfone groups is 1. The van der Waals surface area contributed by atoms with Gasteiger partial charge < -0.3 is 10.2 Å². The maximum atomic E-state index is 13.5. The predicted octanol–water partition coefficient (Wildman–Crippen LogP) is 1.73. The van der Waals surface area contributed by atoms with Crippen LogP contribution in [0.2, 0.25) is 0 Å². The van der Waals surface area contributed by atoms with Crippen molar-refractivity contribution >= 4 is 9.84 Å². The third kappa shape index (κ3) is 3.27. The summed E-state index contributed by atoms with van der Waals surface area (Å²) in [6, 6.07) is 4.60. The van der Waals surface area contributed by atoms with Crippen molar-refractivity contribution < 1.29 is 12.8 Å². The lowest BCUT2D eigenvalue weighted by atomic mass is 10.0. The summed E-state index contributed by atoms with van der Waals surface area (Å²) in [5.74, 6) is -0.255. The van der Waals surface area contributed by atoms with Crippen LogP contribution >= 0.6 is 0 Å². The van der Waals surface area contributed by atoms with Gasteiger partial charge in [-0.3, -0.25) is 0 Å². The van der Waals surface area contributed by atoms with E-state index in [9.17, 15) is 12.8 Å². The molecule has 21 heavy (non-hydrogen) atoms. The average molecular weight is 312 g/mol. The lowest BCUT2D eigenvalue weighted by Gasteiger charge is -2.27. The van der Waals surface area contributed by atoms with Gasteiger partial charge in [0, 0.05) is 25.2 Å². The molecule has 3 rings (SSSR count). The van der Waals surface area contributed by atoms with Crippen molar-refractivity contribution in [2.75, 3.05) is 25.9 Å². The third-order valence-corrected chi connectivity index (χ3v) is 6.20. The van der Waals surface area contributed by atoms with E-state index < -0.39 is 9.84 Å². The number of nitrogens with one attached hydrogen (secondary N) is 1. The van der Waals surface area contributed by atoms with Crippen molar-refractivity contribution in [3.63, 3.8) is 0 Å². The molecule has 6 heteroatoms. The van der Waals surface area contributed by atoms with E-state index in [1.165, 1.54) is 31.0 Å². The minimum atomic E-state index is -3.25. The van der Waals surface area contributed by atoms with Gasteiger partial charge in [-0.05, 0) is 50.1 Å². The summed E-state index contributed by atoms with van der Waals surface area (Å²) in [6.45, 7) is 1.71. The van der Waals surface area contributed by atoms with Crippen molar-refractivity contribution in [1.29, 1.82) is 0 Å². The van der Waals surface area contributed by atoms with Gasteiger partial charge in [-0.25, -0.2) is 12.8 Å². The quantitative estimate of drug-likeness (QED) is 0.841. The largest absolute Gasteiger partial charge is 0.309 e. The Hall–Kier alpha value is -0.980. The lowest BCUT2D eigenvalue weighted by molar-refractivity contribution is 0.312. The van der Waals surface area contributed by atoms with Gasteiger partial charge in [-0.15, -0.1) is 0 Å². The standard InChI is InChI=1S/C15H21FN2O2S/c1-18(12-3-4-12)8-7-17-14-6-9-21(19,20)15-5-2-11(16)10-13(14)15/h2,5,10,12,14,17H,3-4,6-9H2,1H3. The summed E-state index contributed by atoms with van der Waals surface area (Å²) in [4.78, 5) is 2.60. The number of hydrogen-bond donors (Lipinski definition) is 1. The van der Waals surface area contributed by atoms with Gasteiger partial charge in [0.2, 0.25) is 0 Å². The van der Waals surface area contributed by atoms with Gasteiger partial charge in [0.1, 0.15) is 5.82 Å². The number of hydrogen-bond acceptors (Lipinski definition) is 4. The summed E-state index contributed by atoms with van der Waals surface area (Å²) in [7, 11) is -1.14. The Bertz CT molecular complexity index is 629. The van der Waals surface area contributed by atoms with Gasteiger partial charge in [-0.1, -0.05) is 0 Å². The molecule has 1 N–H and O–H groups in total. The summed E-state index contributed by atoms with van der Waals surface area (Å²) in [5, 5.41) is 3.38. The van der Waals surface area contributed by atoms with E-state index in [2.05, 4.69) is 17.3 Å². The molecule has 1 aliphatic carbocycles. The molecule has 0 bridgehead atoms. The molecule has 0 spiro atoms. The van der Waals surface area contributed by atoms with Crippen LogP contribution < -0.4 is 5.32 Å². The van der Waals surface area contributed by atoms with Crippen molar-refractivity contribution in [3.8, 4) is 0 Å². The first-order chi connectivity index (χ1) is 9.97.